The van der Waals surface area contributed by atoms with E-state index in [4.69, 9.17) is 4.74 Å². The smallest absolute Gasteiger partial charge is 0.191 e. The summed E-state index contributed by atoms with van der Waals surface area (Å²) in [5.74, 6) is 1.47. The third kappa shape index (κ3) is 9.08. The fourth-order valence-electron chi connectivity index (χ4n) is 1.64. The van der Waals surface area contributed by atoms with Crippen LogP contribution in [0.3, 0.4) is 0 Å². The Morgan fingerprint density at radius 2 is 2.05 bits per heavy atom. The van der Waals surface area contributed by atoms with E-state index in [0.717, 1.165) is 11.3 Å². The molecule has 8 heteroatoms. The van der Waals surface area contributed by atoms with Gasteiger partial charge in [-0.25, -0.2) is 13.4 Å². The molecule has 6 nitrogen and oxygen atoms in total. The van der Waals surface area contributed by atoms with E-state index in [2.05, 4.69) is 15.6 Å². The molecule has 0 aromatic heterocycles. The van der Waals surface area contributed by atoms with Crippen molar-refractivity contribution in [3.63, 3.8) is 0 Å². The number of hydrogen-bond acceptors (Lipinski definition) is 4. The van der Waals surface area contributed by atoms with E-state index in [-0.39, 0.29) is 29.7 Å². The van der Waals surface area contributed by atoms with Crippen LogP contribution in [0.4, 0.5) is 0 Å². The first kappa shape index (κ1) is 21.0. The predicted molar refractivity (Wildman–Crippen MR) is 101 cm³/mol. The molecule has 0 amide bonds. The molecule has 0 unspecified atom stereocenters. The highest BCUT2D eigenvalue weighted by Crippen LogP contribution is 2.12. The van der Waals surface area contributed by atoms with E-state index in [9.17, 15) is 8.42 Å². The van der Waals surface area contributed by atoms with Gasteiger partial charge in [-0.15, -0.1) is 24.0 Å². The van der Waals surface area contributed by atoms with Crippen molar-refractivity contribution in [3.8, 4) is 5.75 Å². The molecule has 1 rings (SSSR count). The van der Waals surface area contributed by atoms with Gasteiger partial charge in [-0.2, -0.15) is 0 Å². The summed E-state index contributed by atoms with van der Waals surface area (Å²) >= 11 is 0. The van der Waals surface area contributed by atoms with Gasteiger partial charge >= 0.3 is 0 Å². The van der Waals surface area contributed by atoms with E-state index in [0.29, 0.717) is 25.6 Å². The summed E-state index contributed by atoms with van der Waals surface area (Å²) in [7, 11) is -1.35. The van der Waals surface area contributed by atoms with Gasteiger partial charge in [0.2, 0.25) is 0 Å². The number of nitrogens with zero attached hydrogens (tertiary/aromatic N) is 1. The molecule has 0 heterocycles. The molecule has 2 N–H and O–H groups in total. The summed E-state index contributed by atoms with van der Waals surface area (Å²) in [6.07, 6.45) is 1.22. The lowest BCUT2D eigenvalue weighted by Crippen LogP contribution is -2.39. The summed E-state index contributed by atoms with van der Waals surface area (Å²) < 4.78 is 27.4. The molecule has 0 saturated heterocycles. The van der Waals surface area contributed by atoms with E-state index in [1.54, 1.807) is 7.11 Å². The third-order valence-electron chi connectivity index (χ3n) is 2.66. The number of ether oxygens (including phenoxy) is 1. The molecule has 126 valence electrons. The fraction of sp³-hybridized carbons (Fsp3) is 0.500. The Balaban J connectivity index is 0.00000441. The molecule has 0 radical (unpaired) electrons. The molecule has 0 aliphatic heterocycles. The number of benzene rings is 1. The van der Waals surface area contributed by atoms with Crippen LogP contribution in [0.15, 0.2) is 29.3 Å². The largest absolute Gasteiger partial charge is 0.497 e. The van der Waals surface area contributed by atoms with Crippen molar-refractivity contribution in [3.05, 3.63) is 29.8 Å². The van der Waals surface area contributed by atoms with Crippen LogP contribution in [-0.4, -0.2) is 46.6 Å². The van der Waals surface area contributed by atoms with Gasteiger partial charge < -0.3 is 15.4 Å². The van der Waals surface area contributed by atoms with Crippen molar-refractivity contribution in [1.29, 1.82) is 0 Å². The highest BCUT2D eigenvalue weighted by atomic mass is 127. The van der Waals surface area contributed by atoms with Gasteiger partial charge in [0.15, 0.2) is 5.96 Å². The molecule has 0 aliphatic rings. The average molecular weight is 441 g/mol. The summed E-state index contributed by atoms with van der Waals surface area (Å²) in [6, 6.07) is 7.67. The van der Waals surface area contributed by atoms with Gasteiger partial charge in [-0.3, -0.25) is 0 Å². The second-order valence-electron chi connectivity index (χ2n) is 4.60. The number of nitrogens with one attached hydrogen (secondary N) is 2. The standard InChI is InChI=1S/C14H23N3O3S.HI/c1-4-15-14(16-8-9-21(3,18)19)17-11-12-6-5-7-13(10-12)20-2;/h5-7,10H,4,8-9,11H2,1-3H3,(H2,15,16,17);1H. The monoisotopic (exact) mass is 441 g/mol. The fourth-order valence-corrected chi connectivity index (χ4v) is 2.11. The molecular formula is C14H24IN3O3S. The van der Waals surface area contributed by atoms with Crippen molar-refractivity contribution in [2.75, 3.05) is 32.2 Å². The second-order valence-corrected chi connectivity index (χ2v) is 6.86. The average Bonchev–Trinajstić information content (AvgIpc) is 2.43. The van der Waals surface area contributed by atoms with E-state index in [1.807, 2.05) is 31.2 Å². The highest BCUT2D eigenvalue weighted by Gasteiger charge is 2.03. The molecule has 1 aromatic rings. The Morgan fingerprint density at radius 1 is 1.32 bits per heavy atom. The number of rotatable bonds is 7. The Kier molecular flexibility index (Phi) is 10.2. The maximum atomic E-state index is 11.1. The van der Waals surface area contributed by atoms with Crippen LogP contribution in [0.1, 0.15) is 12.5 Å². The lowest BCUT2D eigenvalue weighted by Gasteiger charge is -2.11. The number of aliphatic imine (C=N–C) groups is 1. The third-order valence-corrected chi connectivity index (χ3v) is 3.61. The van der Waals surface area contributed by atoms with Gasteiger partial charge in [-0.05, 0) is 24.6 Å². The maximum absolute atomic E-state index is 11.1. The normalized spacial score (nSPS) is 11.5. The first-order valence-corrected chi connectivity index (χ1v) is 8.83. The number of guanidine groups is 1. The SMILES string of the molecule is CCNC(=NCc1cccc(OC)c1)NCCS(C)(=O)=O.I. The zero-order valence-corrected chi connectivity index (χ0v) is 16.3. The highest BCUT2D eigenvalue weighted by molar-refractivity contribution is 14.0. The minimum atomic E-state index is -2.97. The van der Waals surface area contributed by atoms with Crippen LogP contribution in [0.2, 0.25) is 0 Å². The van der Waals surface area contributed by atoms with Crippen LogP contribution in [-0.2, 0) is 16.4 Å². The van der Waals surface area contributed by atoms with Gasteiger partial charge in [-0.1, -0.05) is 12.1 Å². The van der Waals surface area contributed by atoms with Crippen molar-refractivity contribution in [1.82, 2.24) is 10.6 Å². The molecule has 0 atom stereocenters. The Labute approximate surface area is 149 Å². The van der Waals surface area contributed by atoms with Crippen molar-refractivity contribution >= 4 is 39.8 Å². The first-order valence-electron chi connectivity index (χ1n) is 6.77. The minimum absolute atomic E-state index is 0. The molecule has 0 saturated carbocycles. The molecule has 0 fully saturated rings. The predicted octanol–water partition coefficient (Wildman–Crippen LogP) is 1.41. The van der Waals surface area contributed by atoms with Crippen LogP contribution in [0, 0.1) is 0 Å². The van der Waals surface area contributed by atoms with Crippen LogP contribution in [0.25, 0.3) is 0 Å². The van der Waals surface area contributed by atoms with Gasteiger partial charge in [0.25, 0.3) is 0 Å². The summed E-state index contributed by atoms with van der Waals surface area (Å²) in [5, 5.41) is 6.09. The molecule has 22 heavy (non-hydrogen) atoms. The number of methoxy groups -OCH3 is 1. The first-order chi connectivity index (χ1) is 9.94. The molecule has 0 bridgehead atoms. The number of halogens is 1. The van der Waals surface area contributed by atoms with Gasteiger partial charge in [0.1, 0.15) is 15.6 Å². The second kappa shape index (κ2) is 10.7. The number of hydrogen-bond donors (Lipinski definition) is 2. The number of sulfone groups is 1. The van der Waals surface area contributed by atoms with Gasteiger partial charge in [0.05, 0.1) is 19.4 Å². The van der Waals surface area contributed by atoms with E-state index < -0.39 is 9.84 Å². The Bertz CT molecular complexity index is 576. The van der Waals surface area contributed by atoms with Crippen molar-refractivity contribution in [2.24, 2.45) is 4.99 Å². The minimum Gasteiger partial charge on any atom is -0.497 e. The summed E-state index contributed by atoms with van der Waals surface area (Å²) in [5.41, 5.74) is 1.02. The van der Waals surface area contributed by atoms with Crippen LogP contribution < -0.4 is 15.4 Å². The Morgan fingerprint density at radius 3 is 2.64 bits per heavy atom. The van der Waals surface area contributed by atoms with Crippen LogP contribution in [0.5, 0.6) is 5.75 Å². The summed E-state index contributed by atoms with van der Waals surface area (Å²) in [4.78, 5) is 4.42. The van der Waals surface area contributed by atoms with Crippen molar-refractivity contribution < 1.29 is 13.2 Å². The van der Waals surface area contributed by atoms with E-state index >= 15 is 0 Å². The zero-order chi connectivity index (χ0) is 15.7. The quantitative estimate of drug-likeness (QED) is 0.380. The maximum Gasteiger partial charge on any atom is 0.191 e. The van der Waals surface area contributed by atoms with E-state index in [1.165, 1.54) is 6.26 Å². The molecular weight excluding hydrogens is 417 g/mol. The van der Waals surface area contributed by atoms with Gasteiger partial charge in [0, 0.05) is 19.3 Å². The Hall–Kier alpha value is -1.03. The summed E-state index contributed by atoms with van der Waals surface area (Å²) in [6.45, 7) is 3.50. The van der Waals surface area contributed by atoms with Crippen molar-refractivity contribution in [2.45, 2.75) is 13.5 Å². The van der Waals surface area contributed by atoms with Crippen LogP contribution >= 0.6 is 24.0 Å². The lowest BCUT2D eigenvalue weighted by atomic mass is 10.2. The zero-order valence-electron chi connectivity index (χ0n) is 13.1. The molecule has 0 aliphatic carbocycles. The molecule has 0 spiro atoms. The topological polar surface area (TPSA) is 79.8 Å². The lowest BCUT2D eigenvalue weighted by molar-refractivity contribution is 0.414. The molecule has 1 aromatic carbocycles.